The number of rotatable bonds is 5. The van der Waals surface area contributed by atoms with Crippen LogP contribution in [-0.2, 0) is 25.6 Å². The molecule has 1 saturated heterocycles. The quantitative estimate of drug-likeness (QED) is 0.612. The van der Waals surface area contributed by atoms with E-state index in [1.807, 2.05) is 30.3 Å². The van der Waals surface area contributed by atoms with Gasteiger partial charge in [-0.25, -0.2) is 9.59 Å². The largest absolute Gasteiger partial charge is 0.466 e. The molecule has 28 heavy (non-hydrogen) atoms. The van der Waals surface area contributed by atoms with E-state index in [0.717, 1.165) is 5.56 Å². The van der Waals surface area contributed by atoms with E-state index < -0.39 is 35.7 Å². The lowest BCUT2D eigenvalue weighted by atomic mass is 10.0. The molecule has 1 heterocycles. The number of benzene rings is 1. The van der Waals surface area contributed by atoms with Crippen molar-refractivity contribution >= 4 is 18.2 Å². The molecule has 1 fully saturated rings. The van der Waals surface area contributed by atoms with Crippen molar-refractivity contribution in [3.63, 3.8) is 0 Å². The fourth-order valence-electron chi connectivity index (χ4n) is 2.86. The van der Waals surface area contributed by atoms with Gasteiger partial charge in [-0.1, -0.05) is 30.3 Å². The molecule has 8 heteroatoms. The molecule has 1 aliphatic heterocycles. The Bertz CT molecular complexity index is 686. The van der Waals surface area contributed by atoms with Crippen LogP contribution in [0.2, 0.25) is 0 Å². The van der Waals surface area contributed by atoms with Crippen LogP contribution in [0.4, 0.5) is 9.59 Å². The predicted molar refractivity (Wildman–Crippen MR) is 101 cm³/mol. The van der Waals surface area contributed by atoms with E-state index in [2.05, 4.69) is 5.32 Å². The Morgan fingerprint density at radius 1 is 1.11 bits per heavy atom. The topological polar surface area (TPSA) is 94.2 Å². The van der Waals surface area contributed by atoms with Gasteiger partial charge in [0.25, 0.3) is 0 Å². The third-order valence-corrected chi connectivity index (χ3v) is 4.07. The Labute approximate surface area is 165 Å². The number of ether oxygens (including phenoxy) is 3. The zero-order valence-electron chi connectivity index (χ0n) is 16.8. The molecule has 1 N–H and O–H groups in total. The van der Waals surface area contributed by atoms with E-state index in [-0.39, 0.29) is 26.3 Å². The van der Waals surface area contributed by atoms with Crippen molar-refractivity contribution in [2.24, 2.45) is 5.92 Å². The van der Waals surface area contributed by atoms with Crippen LogP contribution in [0.5, 0.6) is 0 Å². The van der Waals surface area contributed by atoms with Crippen molar-refractivity contribution in [1.82, 2.24) is 10.2 Å². The molecule has 0 saturated carbocycles. The molecule has 154 valence electrons. The van der Waals surface area contributed by atoms with Crippen LogP contribution < -0.4 is 5.32 Å². The van der Waals surface area contributed by atoms with Crippen molar-refractivity contribution in [2.75, 3.05) is 19.7 Å². The van der Waals surface area contributed by atoms with Crippen LogP contribution in [0.15, 0.2) is 30.3 Å². The summed E-state index contributed by atoms with van der Waals surface area (Å²) in [7, 11) is 0. The van der Waals surface area contributed by atoms with E-state index in [0.29, 0.717) is 0 Å². The maximum atomic E-state index is 12.4. The molecule has 0 aromatic heterocycles. The first-order valence-electron chi connectivity index (χ1n) is 9.31. The van der Waals surface area contributed by atoms with Gasteiger partial charge in [0.2, 0.25) is 0 Å². The molecule has 2 atom stereocenters. The summed E-state index contributed by atoms with van der Waals surface area (Å²) in [5.41, 5.74) is 0.191. The molecule has 0 spiro atoms. The Balaban J connectivity index is 1.99. The molecule has 1 aromatic carbocycles. The Morgan fingerprint density at radius 2 is 1.79 bits per heavy atom. The highest BCUT2D eigenvalue weighted by Gasteiger charge is 2.42. The smallest absolute Gasteiger partial charge is 0.410 e. The van der Waals surface area contributed by atoms with Crippen molar-refractivity contribution in [2.45, 2.75) is 45.9 Å². The third-order valence-electron chi connectivity index (χ3n) is 4.07. The van der Waals surface area contributed by atoms with E-state index in [1.54, 1.807) is 27.7 Å². The van der Waals surface area contributed by atoms with Crippen LogP contribution >= 0.6 is 0 Å². The van der Waals surface area contributed by atoms with Crippen molar-refractivity contribution in [1.29, 1.82) is 0 Å². The minimum absolute atomic E-state index is 0.104. The van der Waals surface area contributed by atoms with Gasteiger partial charge in [-0.05, 0) is 33.3 Å². The van der Waals surface area contributed by atoms with Crippen LogP contribution in [-0.4, -0.2) is 54.4 Å². The minimum atomic E-state index is -0.684. The number of amides is 2. The van der Waals surface area contributed by atoms with Gasteiger partial charge in [0, 0.05) is 13.1 Å². The number of alkyl carbamates (subject to hydrolysis) is 1. The molecule has 0 bridgehead atoms. The number of likely N-dealkylation sites (tertiary alicyclic amines) is 1. The Hall–Kier alpha value is -2.77. The van der Waals surface area contributed by atoms with Crippen molar-refractivity contribution in [3.05, 3.63) is 35.9 Å². The second-order valence-electron chi connectivity index (χ2n) is 7.56. The van der Waals surface area contributed by atoms with Crippen molar-refractivity contribution < 1.29 is 28.6 Å². The number of esters is 1. The first-order valence-corrected chi connectivity index (χ1v) is 9.31. The van der Waals surface area contributed by atoms with Crippen LogP contribution in [0.1, 0.15) is 33.3 Å². The highest BCUT2D eigenvalue weighted by molar-refractivity contribution is 5.78. The lowest BCUT2D eigenvalue weighted by molar-refractivity contribution is -0.148. The molecule has 2 rings (SSSR count). The summed E-state index contributed by atoms with van der Waals surface area (Å²) in [6.07, 6.45) is -1.20. The fraction of sp³-hybridized carbons (Fsp3) is 0.550. The Kier molecular flexibility index (Phi) is 7.25. The first-order chi connectivity index (χ1) is 13.2. The van der Waals surface area contributed by atoms with Gasteiger partial charge in [-0.15, -0.1) is 0 Å². The summed E-state index contributed by atoms with van der Waals surface area (Å²) in [5, 5.41) is 2.67. The SMILES string of the molecule is CCOC(=O)C1CN(C(=O)OCc2ccccc2)CC1NC(=O)OC(C)(C)C. The molecule has 2 unspecified atom stereocenters. The zero-order chi connectivity index (χ0) is 20.7. The summed E-state index contributed by atoms with van der Waals surface area (Å²) in [4.78, 5) is 38.2. The molecule has 8 nitrogen and oxygen atoms in total. The second-order valence-corrected chi connectivity index (χ2v) is 7.56. The van der Waals surface area contributed by atoms with Crippen molar-refractivity contribution in [3.8, 4) is 0 Å². The second kappa shape index (κ2) is 9.43. The molecule has 2 amide bonds. The van der Waals surface area contributed by atoms with E-state index in [9.17, 15) is 14.4 Å². The summed E-state index contributed by atoms with van der Waals surface area (Å²) in [5.74, 6) is -1.15. The van der Waals surface area contributed by atoms with Gasteiger partial charge in [-0.3, -0.25) is 4.79 Å². The number of nitrogens with zero attached hydrogens (tertiary/aromatic N) is 1. The lowest BCUT2D eigenvalue weighted by Gasteiger charge is -2.23. The summed E-state index contributed by atoms with van der Waals surface area (Å²) >= 11 is 0. The lowest BCUT2D eigenvalue weighted by Crippen LogP contribution is -2.45. The van der Waals surface area contributed by atoms with Gasteiger partial charge >= 0.3 is 18.2 Å². The highest BCUT2D eigenvalue weighted by Crippen LogP contribution is 2.21. The summed E-state index contributed by atoms with van der Waals surface area (Å²) < 4.78 is 15.7. The predicted octanol–water partition coefficient (Wildman–Crippen LogP) is 2.71. The van der Waals surface area contributed by atoms with Crippen LogP contribution in [0.25, 0.3) is 0 Å². The van der Waals surface area contributed by atoms with Gasteiger partial charge in [0.15, 0.2) is 0 Å². The van der Waals surface area contributed by atoms with E-state index in [1.165, 1.54) is 4.90 Å². The van der Waals surface area contributed by atoms with Crippen LogP contribution in [0, 0.1) is 5.92 Å². The van der Waals surface area contributed by atoms with E-state index >= 15 is 0 Å². The molecular formula is C20H28N2O6. The maximum absolute atomic E-state index is 12.4. The van der Waals surface area contributed by atoms with Gasteiger partial charge in [0.1, 0.15) is 12.2 Å². The number of hydrogen-bond donors (Lipinski definition) is 1. The average molecular weight is 392 g/mol. The van der Waals surface area contributed by atoms with Gasteiger partial charge < -0.3 is 24.4 Å². The number of carbonyl (C=O) groups is 3. The molecular weight excluding hydrogens is 364 g/mol. The third kappa shape index (κ3) is 6.44. The monoisotopic (exact) mass is 392 g/mol. The normalized spacial score (nSPS) is 19.1. The van der Waals surface area contributed by atoms with Gasteiger partial charge in [-0.2, -0.15) is 0 Å². The number of carbonyl (C=O) groups excluding carboxylic acids is 3. The average Bonchev–Trinajstić information content (AvgIpc) is 3.03. The first kappa shape index (κ1) is 21.5. The highest BCUT2D eigenvalue weighted by atomic mass is 16.6. The molecule has 1 aromatic rings. The molecule has 0 radical (unpaired) electrons. The number of nitrogens with one attached hydrogen (secondary N) is 1. The Morgan fingerprint density at radius 3 is 2.39 bits per heavy atom. The van der Waals surface area contributed by atoms with E-state index in [4.69, 9.17) is 14.2 Å². The minimum Gasteiger partial charge on any atom is -0.466 e. The fourth-order valence-corrected chi connectivity index (χ4v) is 2.86. The number of hydrogen-bond acceptors (Lipinski definition) is 6. The molecule has 1 aliphatic rings. The summed E-state index contributed by atoms with van der Waals surface area (Å²) in [6.45, 7) is 7.53. The summed E-state index contributed by atoms with van der Waals surface area (Å²) in [6, 6.07) is 8.69. The van der Waals surface area contributed by atoms with Gasteiger partial charge in [0.05, 0.1) is 18.6 Å². The maximum Gasteiger partial charge on any atom is 0.410 e. The standard InChI is InChI=1S/C20H28N2O6/c1-5-26-17(23)15-11-22(12-16(15)21-18(24)28-20(2,3)4)19(25)27-13-14-9-7-6-8-10-14/h6-10,15-16H,5,11-13H2,1-4H3,(H,21,24). The molecule has 0 aliphatic carbocycles. The van der Waals surface area contributed by atoms with Crippen LogP contribution in [0.3, 0.4) is 0 Å². The zero-order valence-corrected chi connectivity index (χ0v) is 16.8.